The van der Waals surface area contributed by atoms with Crippen LogP contribution in [0.15, 0.2) is 0 Å². The normalized spacial score (nSPS) is 16.1. The molecule has 0 fully saturated rings. The van der Waals surface area contributed by atoms with Crippen LogP contribution in [0.5, 0.6) is 0 Å². The van der Waals surface area contributed by atoms with Gasteiger partial charge in [-0.05, 0) is 23.7 Å². The van der Waals surface area contributed by atoms with Crippen molar-refractivity contribution < 1.29 is 0 Å². The van der Waals surface area contributed by atoms with Crippen LogP contribution in [0.25, 0.3) is 0 Å². The predicted molar refractivity (Wildman–Crippen MR) is 98.8 cm³/mol. The molecule has 0 aromatic heterocycles. The van der Waals surface area contributed by atoms with Crippen molar-refractivity contribution in [3.05, 3.63) is 0 Å². The summed E-state index contributed by atoms with van der Waals surface area (Å²) < 4.78 is 0. The summed E-state index contributed by atoms with van der Waals surface area (Å²) >= 11 is 0. The minimum absolute atomic E-state index is 0.844. The zero-order valence-corrected chi connectivity index (χ0v) is 16.1. The Morgan fingerprint density at radius 2 is 1.14 bits per heavy atom. The highest BCUT2D eigenvalue weighted by Crippen LogP contribution is 2.28. The maximum Gasteiger partial charge on any atom is -0.0389 e. The highest BCUT2D eigenvalue weighted by molar-refractivity contribution is 4.68. The molecule has 3 atom stereocenters. The van der Waals surface area contributed by atoms with Gasteiger partial charge in [0.05, 0.1) is 0 Å². The topological polar surface area (TPSA) is 0 Å². The van der Waals surface area contributed by atoms with Gasteiger partial charge in [0, 0.05) is 0 Å². The fourth-order valence-corrected chi connectivity index (χ4v) is 3.52. The second-order valence-electron chi connectivity index (χ2n) is 7.86. The van der Waals surface area contributed by atoms with Crippen molar-refractivity contribution in [1.29, 1.82) is 0 Å². The van der Waals surface area contributed by atoms with Crippen LogP contribution in [-0.4, -0.2) is 0 Å². The van der Waals surface area contributed by atoms with E-state index in [1.54, 1.807) is 0 Å². The maximum atomic E-state index is 2.47. The van der Waals surface area contributed by atoms with Crippen LogP contribution in [0.2, 0.25) is 0 Å². The summed E-state index contributed by atoms with van der Waals surface area (Å²) in [7, 11) is 0. The molecule has 0 rings (SSSR count). The lowest BCUT2D eigenvalue weighted by Crippen LogP contribution is -2.16. The quantitative estimate of drug-likeness (QED) is 0.286. The largest absolute Gasteiger partial charge is 0.0654 e. The SMILES string of the molecule is CCCCCCCC(C)CCCCC(CC)C(C)C(C)C. The molecule has 0 spiro atoms. The minimum atomic E-state index is 0.844. The van der Waals surface area contributed by atoms with E-state index in [9.17, 15) is 0 Å². The van der Waals surface area contributed by atoms with Crippen LogP contribution < -0.4 is 0 Å². The number of hydrogen-bond acceptors (Lipinski definition) is 0. The fourth-order valence-electron chi connectivity index (χ4n) is 3.52. The van der Waals surface area contributed by atoms with Gasteiger partial charge in [-0.3, -0.25) is 0 Å². The molecule has 0 nitrogen and oxygen atoms in total. The number of rotatable bonds is 14. The molecule has 0 bridgehead atoms. The summed E-state index contributed by atoms with van der Waals surface area (Å²) in [5.74, 6) is 3.64. The zero-order valence-electron chi connectivity index (χ0n) is 16.1. The molecule has 0 saturated carbocycles. The average molecular weight is 297 g/mol. The zero-order chi connectivity index (χ0) is 16.1. The van der Waals surface area contributed by atoms with E-state index in [0.717, 1.165) is 23.7 Å². The van der Waals surface area contributed by atoms with E-state index < -0.39 is 0 Å². The van der Waals surface area contributed by atoms with Gasteiger partial charge in [-0.15, -0.1) is 0 Å². The summed E-state index contributed by atoms with van der Waals surface area (Å²) in [6.07, 6.45) is 15.8. The first kappa shape index (κ1) is 21.0. The van der Waals surface area contributed by atoms with Crippen molar-refractivity contribution in [3.8, 4) is 0 Å². The van der Waals surface area contributed by atoms with Crippen molar-refractivity contribution in [2.45, 2.75) is 112 Å². The monoisotopic (exact) mass is 296 g/mol. The molecule has 0 aliphatic carbocycles. The van der Waals surface area contributed by atoms with E-state index in [-0.39, 0.29) is 0 Å². The Balaban J connectivity index is 3.59. The summed E-state index contributed by atoms with van der Waals surface area (Å²) in [6, 6.07) is 0. The van der Waals surface area contributed by atoms with Gasteiger partial charge in [-0.1, -0.05) is 112 Å². The van der Waals surface area contributed by atoms with Gasteiger partial charge in [0.25, 0.3) is 0 Å². The van der Waals surface area contributed by atoms with Crippen molar-refractivity contribution >= 4 is 0 Å². The van der Waals surface area contributed by atoms with Crippen molar-refractivity contribution in [2.24, 2.45) is 23.7 Å². The second-order valence-corrected chi connectivity index (χ2v) is 7.86. The first-order valence-electron chi connectivity index (χ1n) is 10.0. The molecule has 21 heavy (non-hydrogen) atoms. The Morgan fingerprint density at radius 1 is 0.619 bits per heavy atom. The Hall–Kier alpha value is 0. The molecule has 0 radical (unpaired) electrons. The van der Waals surface area contributed by atoms with E-state index in [1.165, 1.54) is 70.6 Å². The lowest BCUT2D eigenvalue weighted by molar-refractivity contribution is 0.247. The smallest absolute Gasteiger partial charge is 0.0389 e. The second kappa shape index (κ2) is 13.6. The number of unbranched alkanes of at least 4 members (excludes halogenated alkanes) is 5. The summed E-state index contributed by atoms with van der Waals surface area (Å²) in [5.41, 5.74) is 0. The third-order valence-electron chi connectivity index (χ3n) is 5.64. The van der Waals surface area contributed by atoms with Crippen LogP contribution in [-0.2, 0) is 0 Å². The third-order valence-corrected chi connectivity index (χ3v) is 5.64. The number of hydrogen-bond donors (Lipinski definition) is 0. The van der Waals surface area contributed by atoms with Gasteiger partial charge >= 0.3 is 0 Å². The van der Waals surface area contributed by atoms with Crippen LogP contribution in [0.4, 0.5) is 0 Å². The Labute approximate surface area is 136 Å². The molecule has 3 unspecified atom stereocenters. The molecule has 0 heterocycles. The van der Waals surface area contributed by atoms with Crippen LogP contribution in [0.1, 0.15) is 112 Å². The lowest BCUT2D eigenvalue weighted by Gasteiger charge is -2.26. The molecule has 0 aromatic carbocycles. The molecule has 0 heteroatoms. The van der Waals surface area contributed by atoms with Gasteiger partial charge in [0.15, 0.2) is 0 Å². The van der Waals surface area contributed by atoms with E-state index in [0.29, 0.717) is 0 Å². The highest BCUT2D eigenvalue weighted by atomic mass is 14.2. The van der Waals surface area contributed by atoms with Crippen molar-refractivity contribution in [2.75, 3.05) is 0 Å². The summed E-state index contributed by atoms with van der Waals surface area (Å²) in [5, 5.41) is 0. The van der Waals surface area contributed by atoms with Crippen LogP contribution in [0.3, 0.4) is 0 Å². The van der Waals surface area contributed by atoms with E-state index >= 15 is 0 Å². The summed E-state index contributed by atoms with van der Waals surface area (Å²) in [6.45, 7) is 14.4. The predicted octanol–water partition coefficient (Wildman–Crippen LogP) is 7.86. The first-order valence-corrected chi connectivity index (χ1v) is 10.0. The Bertz CT molecular complexity index is 206. The standard InChI is InChI=1S/C21H44/c1-7-9-10-11-12-15-19(5)16-13-14-17-21(8-2)20(6)18(3)4/h18-21H,7-17H2,1-6H3. The molecule has 0 saturated heterocycles. The van der Waals surface area contributed by atoms with E-state index in [1.807, 2.05) is 0 Å². The Morgan fingerprint density at radius 3 is 1.67 bits per heavy atom. The maximum absolute atomic E-state index is 2.47. The van der Waals surface area contributed by atoms with Gasteiger partial charge in [0.2, 0.25) is 0 Å². The summed E-state index contributed by atoms with van der Waals surface area (Å²) in [4.78, 5) is 0. The van der Waals surface area contributed by atoms with Gasteiger partial charge < -0.3 is 0 Å². The minimum Gasteiger partial charge on any atom is -0.0654 e. The van der Waals surface area contributed by atoms with Crippen LogP contribution >= 0.6 is 0 Å². The molecule has 0 aromatic rings. The molecule has 0 aliphatic heterocycles. The third kappa shape index (κ3) is 11.2. The van der Waals surface area contributed by atoms with E-state index in [2.05, 4.69) is 41.5 Å². The molecular weight excluding hydrogens is 252 g/mol. The lowest BCUT2D eigenvalue weighted by atomic mass is 9.80. The average Bonchev–Trinajstić information content (AvgIpc) is 2.46. The van der Waals surface area contributed by atoms with Gasteiger partial charge in [-0.25, -0.2) is 0 Å². The van der Waals surface area contributed by atoms with Gasteiger partial charge in [-0.2, -0.15) is 0 Å². The Kier molecular flexibility index (Phi) is 13.6. The fraction of sp³-hybridized carbons (Fsp3) is 1.00. The first-order chi connectivity index (χ1) is 10.0. The van der Waals surface area contributed by atoms with Crippen molar-refractivity contribution in [1.82, 2.24) is 0 Å². The molecule has 0 amide bonds. The highest BCUT2D eigenvalue weighted by Gasteiger charge is 2.18. The van der Waals surface area contributed by atoms with E-state index in [4.69, 9.17) is 0 Å². The molecular formula is C21H44. The molecule has 128 valence electrons. The molecule has 0 N–H and O–H groups in total. The van der Waals surface area contributed by atoms with Crippen molar-refractivity contribution in [3.63, 3.8) is 0 Å². The molecule has 0 aliphatic rings. The van der Waals surface area contributed by atoms with Gasteiger partial charge in [0.1, 0.15) is 0 Å². The van der Waals surface area contributed by atoms with Crippen LogP contribution in [0, 0.1) is 23.7 Å².